The quantitative estimate of drug-likeness (QED) is 0.771. The number of aliphatic hydroxyl groups excluding tert-OH is 1. The highest BCUT2D eigenvalue weighted by molar-refractivity contribution is 5.85. The van der Waals surface area contributed by atoms with Crippen LogP contribution in [0.15, 0.2) is 42.5 Å². The molecule has 2 aromatic heterocycles. The Balaban J connectivity index is 2.21. The van der Waals surface area contributed by atoms with Gasteiger partial charge in [-0.15, -0.1) is 0 Å². The van der Waals surface area contributed by atoms with Crippen LogP contribution in [0.2, 0.25) is 0 Å². The maximum absolute atomic E-state index is 9.74. The highest BCUT2D eigenvalue weighted by Crippen LogP contribution is 2.25. The molecule has 0 fully saturated rings. The van der Waals surface area contributed by atoms with Crippen molar-refractivity contribution < 1.29 is 5.11 Å². The summed E-state index contributed by atoms with van der Waals surface area (Å²) in [4.78, 5) is 9.25. The van der Waals surface area contributed by atoms with Gasteiger partial charge in [0.2, 0.25) is 0 Å². The summed E-state index contributed by atoms with van der Waals surface area (Å²) in [5, 5.41) is 10.8. The second-order valence-electron chi connectivity index (χ2n) is 5.44. The van der Waals surface area contributed by atoms with Crippen LogP contribution in [0.1, 0.15) is 29.8 Å². The first-order chi connectivity index (χ1) is 10.0. The lowest BCUT2D eigenvalue weighted by atomic mass is 10.0. The number of fused-ring (bicyclic) bond motifs is 1. The van der Waals surface area contributed by atoms with Gasteiger partial charge in [0.05, 0.1) is 23.0 Å². The van der Waals surface area contributed by atoms with E-state index in [1.165, 1.54) is 0 Å². The van der Waals surface area contributed by atoms with E-state index in [-0.39, 0.29) is 0 Å². The molecule has 0 aliphatic heterocycles. The number of hydrogen-bond acceptors (Lipinski definition) is 3. The second kappa shape index (κ2) is 5.26. The van der Waals surface area contributed by atoms with Crippen molar-refractivity contribution in [1.82, 2.24) is 9.97 Å². The van der Waals surface area contributed by atoms with E-state index in [1.807, 2.05) is 43.3 Å². The summed E-state index contributed by atoms with van der Waals surface area (Å²) in [5.41, 5.74) is 5.66. The van der Waals surface area contributed by atoms with Gasteiger partial charge in [0, 0.05) is 11.1 Å². The molecule has 3 aromatic rings. The summed E-state index contributed by atoms with van der Waals surface area (Å²) in [6, 6.07) is 13.9. The van der Waals surface area contributed by atoms with Crippen LogP contribution in [-0.2, 0) is 0 Å². The molecule has 3 nitrogen and oxygen atoms in total. The van der Waals surface area contributed by atoms with Crippen molar-refractivity contribution in [2.24, 2.45) is 0 Å². The Kier molecular flexibility index (Phi) is 3.43. The third kappa shape index (κ3) is 2.65. The zero-order valence-electron chi connectivity index (χ0n) is 12.5. The number of aromatic nitrogens is 2. The van der Waals surface area contributed by atoms with Crippen LogP contribution in [-0.4, -0.2) is 15.1 Å². The molecule has 3 heteroatoms. The fourth-order valence-electron chi connectivity index (χ4n) is 2.50. The second-order valence-corrected chi connectivity index (χ2v) is 5.44. The third-order valence-corrected chi connectivity index (χ3v) is 3.67. The Morgan fingerprint density at radius 2 is 1.76 bits per heavy atom. The molecule has 0 spiro atoms. The molecule has 1 atom stereocenters. The molecule has 3 rings (SSSR count). The molecule has 0 radical (unpaired) electrons. The molecule has 21 heavy (non-hydrogen) atoms. The lowest BCUT2D eigenvalue weighted by Crippen LogP contribution is -1.95. The third-order valence-electron chi connectivity index (χ3n) is 3.67. The van der Waals surface area contributed by atoms with Crippen molar-refractivity contribution in [1.29, 1.82) is 0 Å². The van der Waals surface area contributed by atoms with Crippen LogP contribution >= 0.6 is 0 Å². The van der Waals surface area contributed by atoms with Gasteiger partial charge < -0.3 is 5.11 Å². The minimum Gasteiger partial charge on any atom is -0.389 e. The Morgan fingerprint density at radius 1 is 0.952 bits per heavy atom. The maximum atomic E-state index is 9.74. The SMILES string of the molecule is Cc1cccc(-c2cc(C)c3ccc(C(C)O)cc3n2)n1. The average molecular weight is 278 g/mol. The number of pyridine rings is 2. The highest BCUT2D eigenvalue weighted by Gasteiger charge is 2.08. The first-order valence-corrected chi connectivity index (χ1v) is 7.08. The molecule has 0 bridgehead atoms. The number of aryl methyl sites for hydroxylation is 2. The molecule has 0 aliphatic rings. The number of rotatable bonds is 2. The summed E-state index contributed by atoms with van der Waals surface area (Å²) >= 11 is 0. The van der Waals surface area contributed by atoms with E-state index in [1.54, 1.807) is 6.92 Å². The van der Waals surface area contributed by atoms with Gasteiger partial charge in [-0.1, -0.05) is 18.2 Å². The Labute approximate surface area is 124 Å². The van der Waals surface area contributed by atoms with Crippen LogP contribution in [0, 0.1) is 13.8 Å². The summed E-state index contributed by atoms with van der Waals surface area (Å²) < 4.78 is 0. The van der Waals surface area contributed by atoms with Gasteiger partial charge in [-0.25, -0.2) is 4.98 Å². The van der Waals surface area contributed by atoms with Crippen molar-refractivity contribution in [3.63, 3.8) is 0 Å². The highest BCUT2D eigenvalue weighted by atomic mass is 16.3. The fourth-order valence-corrected chi connectivity index (χ4v) is 2.50. The Hall–Kier alpha value is -2.26. The molecule has 0 saturated heterocycles. The van der Waals surface area contributed by atoms with E-state index in [4.69, 9.17) is 4.98 Å². The molecule has 1 N–H and O–H groups in total. The maximum Gasteiger partial charge on any atom is 0.0896 e. The van der Waals surface area contributed by atoms with Crippen molar-refractivity contribution in [2.75, 3.05) is 0 Å². The number of nitrogens with zero attached hydrogens (tertiary/aromatic N) is 2. The molecule has 0 amide bonds. The Morgan fingerprint density at radius 3 is 2.48 bits per heavy atom. The fraction of sp³-hybridized carbons (Fsp3) is 0.222. The molecular weight excluding hydrogens is 260 g/mol. The Bertz CT molecular complexity index is 809. The summed E-state index contributed by atoms with van der Waals surface area (Å²) in [6.45, 7) is 5.81. The molecule has 0 aliphatic carbocycles. The summed E-state index contributed by atoms with van der Waals surface area (Å²) in [7, 11) is 0. The van der Waals surface area contributed by atoms with Crippen LogP contribution in [0.25, 0.3) is 22.3 Å². The normalized spacial score (nSPS) is 12.6. The largest absolute Gasteiger partial charge is 0.389 e. The molecule has 2 heterocycles. The molecule has 1 aromatic carbocycles. The standard InChI is InChI=1S/C18H18N2O/c1-11-9-18(16-6-4-5-12(2)19-16)20-17-10-14(13(3)21)7-8-15(11)17/h4-10,13,21H,1-3H3. The van der Waals surface area contributed by atoms with Gasteiger partial charge in [-0.2, -0.15) is 0 Å². The first kappa shape index (κ1) is 13.7. The van der Waals surface area contributed by atoms with Crippen LogP contribution in [0.3, 0.4) is 0 Å². The lowest BCUT2D eigenvalue weighted by Gasteiger charge is -2.10. The van der Waals surface area contributed by atoms with E-state index < -0.39 is 6.10 Å². The smallest absolute Gasteiger partial charge is 0.0896 e. The molecule has 1 unspecified atom stereocenters. The first-order valence-electron chi connectivity index (χ1n) is 7.08. The molecule has 0 saturated carbocycles. The topological polar surface area (TPSA) is 46.0 Å². The van der Waals surface area contributed by atoms with E-state index >= 15 is 0 Å². The van der Waals surface area contributed by atoms with Crippen molar-refractivity contribution in [2.45, 2.75) is 26.9 Å². The van der Waals surface area contributed by atoms with E-state index in [0.717, 1.165) is 39.1 Å². The molecule has 106 valence electrons. The van der Waals surface area contributed by atoms with E-state index in [9.17, 15) is 5.11 Å². The van der Waals surface area contributed by atoms with E-state index in [0.29, 0.717) is 0 Å². The van der Waals surface area contributed by atoms with Crippen LogP contribution in [0.5, 0.6) is 0 Å². The lowest BCUT2D eigenvalue weighted by molar-refractivity contribution is 0.199. The number of hydrogen-bond donors (Lipinski definition) is 1. The van der Waals surface area contributed by atoms with Crippen molar-refractivity contribution >= 4 is 10.9 Å². The predicted molar refractivity (Wildman–Crippen MR) is 85.1 cm³/mol. The van der Waals surface area contributed by atoms with Crippen molar-refractivity contribution in [3.05, 3.63) is 59.3 Å². The van der Waals surface area contributed by atoms with Crippen molar-refractivity contribution in [3.8, 4) is 11.4 Å². The van der Waals surface area contributed by atoms with Crippen LogP contribution < -0.4 is 0 Å². The number of benzene rings is 1. The zero-order valence-corrected chi connectivity index (χ0v) is 12.5. The van der Waals surface area contributed by atoms with E-state index in [2.05, 4.69) is 18.0 Å². The monoisotopic (exact) mass is 278 g/mol. The summed E-state index contributed by atoms with van der Waals surface area (Å²) in [5.74, 6) is 0. The van der Waals surface area contributed by atoms with Crippen LogP contribution in [0.4, 0.5) is 0 Å². The van der Waals surface area contributed by atoms with Gasteiger partial charge in [0.15, 0.2) is 0 Å². The van der Waals surface area contributed by atoms with Gasteiger partial charge in [-0.05, 0) is 56.2 Å². The van der Waals surface area contributed by atoms with Gasteiger partial charge >= 0.3 is 0 Å². The van der Waals surface area contributed by atoms with Gasteiger partial charge in [0.1, 0.15) is 0 Å². The minimum absolute atomic E-state index is 0.489. The average Bonchev–Trinajstić information content (AvgIpc) is 2.46. The van der Waals surface area contributed by atoms with Gasteiger partial charge in [0.25, 0.3) is 0 Å². The zero-order chi connectivity index (χ0) is 15.0. The number of aliphatic hydroxyl groups is 1. The predicted octanol–water partition coefficient (Wildman–Crippen LogP) is 3.97. The van der Waals surface area contributed by atoms with Gasteiger partial charge in [-0.3, -0.25) is 4.98 Å². The minimum atomic E-state index is -0.489. The summed E-state index contributed by atoms with van der Waals surface area (Å²) in [6.07, 6.45) is -0.489. The molecular formula is C18H18N2O.